The molecule has 21 heavy (non-hydrogen) atoms. The summed E-state index contributed by atoms with van der Waals surface area (Å²) >= 11 is 0. The standard InChI is InChI=1S/C16H19N3O2/c1-11(17-10-16(21)19-18-12(2)20)14-9-5-7-13-6-3-4-8-15(13)14/h3-9,11,17H,10H2,1-2H3,(H,18,20)(H,19,21)/p+1/t11-/m1/s1. The number of benzene rings is 2. The minimum atomic E-state index is -0.287. The second kappa shape index (κ2) is 6.85. The van der Waals surface area contributed by atoms with Crippen molar-refractivity contribution >= 4 is 22.6 Å². The topological polar surface area (TPSA) is 74.8 Å². The lowest BCUT2D eigenvalue weighted by atomic mass is 10.00. The molecule has 0 unspecified atom stereocenters. The van der Waals surface area contributed by atoms with Gasteiger partial charge in [0.15, 0.2) is 6.54 Å². The maximum atomic E-state index is 11.6. The Morgan fingerprint density at radius 1 is 1.10 bits per heavy atom. The van der Waals surface area contributed by atoms with Crippen molar-refractivity contribution in [2.45, 2.75) is 19.9 Å². The van der Waals surface area contributed by atoms with Crippen LogP contribution >= 0.6 is 0 Å². The number of fused-ring (bicyclic) bond motifs is 1. The number of hydrazine groups is 1. The van der Waals surface area contributed by atoms with E-state index < -0.39 is 0 Å². The molecule has 0 radical (unpaired) electrons. The summed E-state index contributed by atoms with van der Waals surface area (Å²) < 4.78 is 0. The summed E-state index contributed by atoms with van der Waals surface area (Å²) in [5, 5.41) is 4.34. The minimum absolute atomic E-state index is 0.152. The molecule has 110 valence electrons. The van der Waals surface area contributed by atoms with Crippen molar-refractivity contribution in [3.8, 4) is 0 Å². The van der Waals surface area contributed by atoms with Gasteiger partial charge >= 0.3 is 0 Å². The van der Waals surface area contributed by atoms with Gasteiger partial charge in [-0.2, -0.15) is 0 Å². The van der Waals surface area contributed by atoms with Crippen LogP contribution < -0.4 is 16.2 Å². The van der Waals surface area contributed by atoms with Crippen molar-refractivity contribution in [2.24, 2.45) is 0 Å². The Morgan fingerprint density at radius 2 is 1.81 bits per heavy atom. The van der Waals surface area contributed by atoms with Crippen LogP contribution in [0.1, 0.15) is 25.5 Å². The molecule has 0 heterocycles. The molecule has 4 N–H and O–H groups in total. The third-order valence-electron chi connectivity index (χ3n) is 3.35. The summed E-state index contributed by atoms with van der Waals surface area (Å²) in [6.07, 6.45) is 0. The van der Waals surface area contributed by atoms with Crippen LogP contribution in [0.4, 0.5) is 0 Å². The Labute approximate surface area is 123 Å². The third kappa shape index (κ3) is 4.03. The highest BCUT2D eigenvalue weighted by Crippen LogP contribution is 2.21. The first-order valence-corrected chi connectivity index (χ1v) is 6.94. The lowest BCUT2D eigenvalue weighted by Gasteiger charge is -2.13. The van der Waals surface area contributed by atoms with E-state index in [1.165, 1.54) is 23.3 Å². The van der Waals surface area contributed by atoms with Gasteiger partial charge in [-0.05, 0) is 17.7 Å². The summed E-state index contributed by atoms with van der Waals surface area (Å²) in [6.45, 7) is 3.67. The second-order valence-electron chi connectivity index (χ2n) is 5.03. The van der Waals surface area contributed by atoms with Gasteiger partial charge in [0, 0.05) is 12.5 Å². The minimum Gasteiger partial charge on any atom is -0.332 e. The van der Waals surface area contributed by atoms with Gasteiger partial charge in [-0.3, -0.25) is 20.4 Å². The molecular formula is C16H20N3O2+. The Kier molecular flexibility index (Phi) is 4.90. The Balaban J connectivity index is 2.01. The first-order valence-electron chi connectivity index (χ1n) is 6.94. The highest BCUT2D eigenvalue weighted by molar-refractivity contribution is 5.86. The van der Waals surface area contributed by atoms with E-state index in [2.05, 4.69) is 42.0 Å². The van der Waals surface area contributed by atoms with Crippen LogP contribution in [0, 0.1) is 0 Å². The van der Waals surface area contributed by atoms with Gasteiger partial charge in [0.05, 0.1) is 0 Å². The Morgan fingerprint density at radius 3 is 2.57 bits per heavy atom. The highest BCUT2D eigenvalue weighted by Gasteiger charge is 2.13. The number of hydrogen-bond acceptors (Lipinski definition) is 2. The molecule has 0 aliphatic heterocycles. The molecule has 2 rings (SSSR count). The lowest BCUT2D eigenvalue weighted by molar-refractivity contribution is -0.682. The van der Waals surface area contributed by atoms with Crippen LogP contribution in [-0.4, -0.2) is 18.4 Å². The first-order chi connectivity index (χ1) is 10.1. The van der Waals surface area contributed by atoms with Crippen LogP contribution in [0.15, 0.2) is 42.5 Å². The summed E-state index contributed by atoms with van der Waals surface area (Å²) in [4.78, 5) is 22.3. The number of carbonyl (C=O) groups excluding carboxylic acids is 2. The molecule has 0 spiro atoms. The SMILES string of the molecule is CC(=O)NNC(=O)C[NH2+][C@H](C)c1cccc2ccccc12. The maximum absolute atomic E-state index is 11.6. The molecule has 0 aliphatic rings. The van der Waals surface area contributed by atoms with Crippen molar-refractivity contribution in [1.82, 2.24) is 10.9 Å². The molecule has 2 aromatic carbocycles. The number of amides is 2. The van der Waals surface area contributed by atoms with E-state index in [9.17, 15) is 9.59 Å². The predicted octanol–water partition coefficient (Wildman–Crippen LogP) is 0.632. The fourth-order valence-corrected chi connectivity index (χ4v) is 2.27. The van der Waals surface area contributed by atoms with Crippen LogP contribution in [0.3, 0.4) is 0 Å². The zero-order valence-electron chi connectivity index (χ0n) is 12.2. The average molecular weight is 286 g/mol. The van der Waals surface area contributed by atoms with Crippen LogP contribution in [0.2, 0.25) is 0 Å². The third-order valence-corrected chi connectivity index (χ3v) is 3.35. The summed E-state index contributed by atoms with van der Waals surface area (Å²) in [6, 6.07) is 14.5. The van der Waals surface area contributed by atoms with E-state index in [0.717, 1.165) is 0 Å². The van der Waals surface area contributed by atoms with Crippen LogP contribution in [0.25, 0.3) is 10.8 Å². The highest BCUT2D eigenvalue weighted by atomic mass is 16.2. The summed E-state index contributed by atoms with van der Waals surface area (Å²) in [5.74, 6) is -0.511. The Bertz CT molecular complexity index is 650. The monoisotopic (exact) mass is 286 g/mol. The van der Waals surface area contributed by atoms with Crippen molar-refractivity contribution in [2.75, 3.05) is 6.54 Å². The lowest BCUT2D eigenvalue weighted by Crippen LogP contribution is -2.87. The van der Waals surface area contributed by atoms with Crippen molar-refractivity contribution in [3.63, 3.8) is 0 Å². The molecular weight excluding hydrogens is 266 g/mol. The van der Waals surface area contributed by atoms with E-state index in [0.29, 0.717) is 0 Å². The van der Waals surface area contributed by atoms with E-state index in [1.54, 1.807) is 0 Å². The summed E-state index contributed by atoms with van der Waals surface area (Å²) in [5.41, 5.74) is 5.83. The number of carbonyl (C=O) groups is 2. The normalized spacial score (nSPS) is 11.9. The molecule has 2 aromatic rings. The molecule has 0 saturated heterocycles. The quantitative estimate of drug-likeness (QED) is 0.721. The van der Waals surface area contributed by atoms with Crippen molar-refractivity contribution < 1.29 is 14.9 Å². The largest absolute Gasteiger partial charge is 0.332 e. The molecule has 0 bridgehead atoms. The molecule has 2 amide bonds. The smallest absolute Gasteiger partial charge is 0.293 e. The van der Waals surface area contributed by atoms with Gasteiger partial charge < -0.3 is 5.32 Å². The molecule has 1 atom stereocenters. The van der Waals surface area contributed by atoms with E-state index in [4.69, 9.17) is 0 Å². The summed E-state index contributed by atoms with van der Waals surface area (Å²) in [7, 11) is 0. The molecule has 0 aliphatic carbocycles. The fraction of sp³-hybridized carbons (Fsp3) is 0.250. The first kappa shape index (κ1) is 15.0. The van der Waals surface area contributed by atoms with Gasteiger partial charge in [0.1, 0.15) is 6.04 Å². The van der Waals surface area contributed by atoms with E-state index >= 15 is 0 Å². The predicted molar refractivity (Wildman–Crippen MR) is 81.1 cm³/mol. The van der Waals surface area contributed by atoms with Crippen molar-refractivity contribution in [1.29, 1.82) is 0 Å². The number of quaternary nitrogens is 1. The van der Waals surface area contributed by atoms with Gasteiger partial charge in [0.25, 0.3) is 5.91 Å². The van der Waals surface area contributed by atoms with Gasteiger partial charge in [-0.25, -0.2) is 0 Å². The maximum Gasteiger partial charge on any atom is 0.293 e. The van der Waals surface area contributed by atoms with Gasteiger partial charge in [-0.1, -0.05) is 42.5 Å². The number of hydrogen-bond donors (Lipinski definition) is 3. The zero-order chi connectivity index (χ0) is 15.2. The average Bonchev–Trinajstić information content (AvgIpc) is 2.50. The van der Waals surface area contributed by atoms with Crippen molar-refractivity contribution in [3.05, 3.63) is 48.0 Å². The fourth-order valence-electron chi connectivity index (χ4n) is 2.27. The zero-order valence-corrected chi connectivity index (χ0v) is 12.2. The van der Waals surface area contributed by atoms with Crippen LogP contribution in [-0.2, 0) is 9.59 Å². The molecule has 0 saturated carbocycles. The number of nitrogens with two attached hydrogens (primary N) is 1. The molecule has 0 fully saturated rings. The molecule has 0 aromatic heterocycles. The Hall–Kier alpha value is -2.40. The van der Waals surface area contributed by atoms with Gasteiger partial charge in [-0.15, -0.1) is 0 Å². The van der Waals surface area contributed by atoms with E-state index in [-0.39, 0.29) is 24.4 Å². The molecule has 5 nitrogen and oxygen atoms in total. The molecule has 5 heteroatoms. The number of nitrogens with one attached hydrogen (secondary N) is 2. The van der Waals surface area contributed by atoms with Crippen LogP contribution in [0.5, 0.6) is 0 Å². The number of rotatable bonds is 4. The van der Waals surface area contributed by atoms with Gasteiger partial charge in [0.2, 0.25) is 5.91 Å². The van der Waals surface area contributed by atoms with E-state index in [1.807, 2.05) is 23.5 Å². The second-order valence-corrected chi connectivity index (χ2v) is 5.03.